The monoisotopic (exact) mass is 216 g/mol. The zero-order valence-electron chi connectivity index (χ0n) is 7.98. The molecule has 14 heavy (non-hydrogen) atoms. The van der Waals surface area contributed by atoms with Crippen LogP contribution in [0, 0.1) is 0 Å². The lowest BCUT2D eigenvalue weighted by atomic mass is 10.1. The highest BCUT2D eigenvalue weighted by Crippen LogP contribution is 1.98. The van der Waals surface area contributed by atoms with E-state index in [1.165, 1.54) is 0 Å². The van der Waals surface area contributed by atoms with Crippen molar-refractivity contribution in [2.75, 3.05) is 0 Å². The molecule has 0 aliphatic rings. The number of thiocarbonyl (C=S) groups is 1. The van der Waals surface area contributed by atoms with Gasteiger partial charge in [-0.05, 0) is 19.1 Å². The van der Waals surface area contributed by atoms with Crippen LogP contribution in [0.3, 0.4) is 0 Å². The van der Waals surface area contributed by atoms with Crippen LogP contribution in [0.2, 0.25) is 0 Å². The van der Waals surface area contributed by atoms with Gasteiger partial charge in [-0.15, -0.1) is 0 Å². The molecule has 78 valence electrons. The van der Waals surface area contributed by atoms with Crippen LogP contribution in [-0.4, -0.2) is 34.2 Å². The molecule has 2 N–H and O–H groups in total. The Hall–Kier alpha value is -1.26. The molecule has 0 fully saturated rings. The van der Waals surface area contributed by atoms with E-state index in [1.807, 2.05) is 0 Å². The summed E-state index contributed by atoms with van der Waals surface area (Å²) >= 11 is 4.35. The predicted octanol–water partition coefficient (Wildman–Crippen LogP) is 0.457. The van der Waals surface area contributed by atoms with Gasteiger partial charge in [-0.25, -0.2) is 9.79 Å². The van der Waals surface area contributed by atoms with Crippen LogP contribution in [0.15, 0.2) is 4.99 Å². The Morgan fingerprint density at radius 2 is 2.21 bits per heavy atom. The second-order valence-electron chi connectivity index (χ2n) is 2.70. The summed E-state index contributed by atoms with van der Waals surface area (Å²) in [6.45, 7) is 3.19. The van der Waals surface area contributed by atoms with Gasteiger partial charge in [0.1, 0.15) is 6.04 Å². The maximum Gasteiger partial charge on any atom is 0.328 e. The van der Waals surface area contributed by atoms with E-state index in [2.05, 4.69) is 27.7 Å². The summed E-state index contributed by atoms with van der Waals surface area (Å²) in [4.78, 5) is 25.3. The SMILES string of the molecule is CCC(=O)NC(C(=O)O)C(C)N=C=S. The van der Waals surface area contributed by atoms with Crippen LogP contribution in [0.25, 0.3) is 0 Å². The molecule has 0 saturated heterocycles. The minimum absolute atomic E-state index is 0.234. The molecule has 0 spiro atoms. The first-order valence-electron chi connectivity index (χ1n) is 4.12. The number of hydrogen-bond donors (Lipinski definition) is 2. The summed E-state index contributed by atoms with van der Waals surface area (Å²) in [6, 6.07) is -1.65. The topological polar surface area (TPSA) is 78.8 Å². The Labute approximate surface area is 87.2 Å². The number of aliphatic carboxylic acids is 1. The second-order valence-corrected chi connectivity index (χ2v) is 2.88. The van der Waals surface area contributed by atoms with Gasteiger partial charge in [0.15, 0.2) is 0 Å². The van der Waals surface area contributed by atoms with Crippen molar-refractivity contribution in [3.8, 4) is 0 Å². The lowest BCUT2D eigenvalue weighted by molar-refractivity contribution is -0.142. The van der Waals surface area contributed by atoms with Gasteiger partial charge in [0.25, 0.3) is 0 Å². The number of isothiocyanates is 1. The van der Waals surface area contributed by atoms with Gasteiger partial charge >= 0.3 is 5.97 Å². The number of carbonyl (C=O) groups excluding carboxylic acids is 1. The average molecular weight is 216 g/mol. The van der Waals surface area contributed by atoms with Crippen molar-refractivity contribution in [1.29, 1.82) is 0 Å². The van der Waals surface area contributed by atoms with Crippen molar-refractivity contribution in [2.24, 2.45) is 4.99 Å². The Morgan fingerprint density at radius 1 is 1.64 bits per heavy atom. The second kappa shape index (κ2) is 6.23. The smallest absolute Gasteiger partial charge is 0.328 e. The van der Waals surface area contributed by atoms with E-state index in [9.17, 15) is 9.59 Å². The van der Waals surface area contributed by atoms with Crippen LogP contribution in [0.5, 0.6) is 0 Å². The van der Waals surface area contributed by atoms with E-state index >= 15 is 0 Å². The fourth-order valence-corrected chi connectivity index (χ4v) is 0.988. The molecule has 2 unspecified atom stereocenters. The first-order chi connectivity index (χ1) is 6.52. The molecule has 0 saturated carbocycles. The summed E-state index contributed by atoms with van der Waals surface area (Å²) in [5.74, 6) is -1.46. The van der Waals surface area contributed by atoms with Crippen molar-refractivity contribution < 1.29 is 14.7 Å². The minimum atomic E-state index is -1.13. The molecule has 0 aliphatic carbocycles. The predicted molar refractivity (Wildman–Crippen MR) is 54.3 cm³/mol. The van der Waals surface area contributed by atoms with Crippen molar-refractivity contribution in [3.63, 3.8) is 0 Å². The molecular formula is C8H12N2O3S. The molecule has 0 radical (unpaired) electrons. The Bertz CT molecular complexity index is 274. The molecule has 0 aromatic heterocycles. The van der Waals surface area contributed by atoms with Crippen LogP contribution in [0.4, 0.5) is 0 Å². The molecule has 0 heterocycles. The third kappa shape index (κ3) is 4.11. The average Bonchev–Trinajstić information content (AvgIpc) is 2.13. The minimum Gasteiger partial charge on any atom is -0.480 e. The zero-order chi connectivity index (χ0) is 11.1. The number of carbonyl (C=O) groups is 2. The Kier molecular flexibility index (Phi) is 5.67. The highest BCUT2D eigenvalue weighted by molar-refractivity contribution is 7.78. The number of carboxylic acids is 1. The summed E-state index contributed by atoms with van der Waals surface area (Å²) in [6.07, 6.45) is 0.234. The number of nitrogens with one attached hydrogen (secondary N) is 1. The third-order valence-corrected chi connectivity index (χ3v) is 1.75. The summed E-state index contributed by atoms with van der Waals surface area (Å²) in [7, 11) is 0. The molecule has 0 rings (SSSR count). The standard InChI is InChI=1S/C8H12N2O3S/c1-3-6(11)10-7(8(12)13)5(2)9-4-14/h5,7H,3H2,1-2H3,(H,10,11)(H,12,13). The Morgan fingerprint density at radius 3 is 2.57 bits per heavy atom. The van der Waals surface area contributed by atoms with E-state index in [0.717, 1.165) is 0 Å². The molecular weight excluding hydrogens is 204 g/mol. The largest absolute Gasteiger partial charge is 0.480 e. The lowest BCUT2D eigenvalue weighted by Gasteiger charge is -2.16. The fourth-order valence-electron chi connectivity index (χ4n) is 0.822. The van der Waals surface area contributed by atoms with Crippen LogP contribution >= 0.6 is 12.2 Å². The first-order valence-corrected chi connectivity index (χ1v) is 4.52. The van der Waals surface area contributed by atoms with E-state index in [-0.39, 0.29) is 12.3 Å². The van der Waals surface area contributed by atoms with Crippen LogP contribution < -0.4 is 5.32 Å². The first kappa shape index (κ1) is 12.7. The maximum atomic E-state index is 11.0. The summed E-state index contributed by atoms with van der Waals surface area (Å²) < 4.78 is 0. The van der Waals surface area contributed by atoms with Crippen molar-refractivity contribution in [2.45, 2.75) is 32.4 Å². The number of amides is 1. The molecule has 5 nitrogen and oxygen atoms in total. The molecule has 0 aromatic rings. The van der Waals surface area contributed by atoms with Gasteiger partial charge in [0.05, 0.1) is 11.2 Å². The van der Waals surface area contributed by atoms with Crippen molar-refractivity contribution >= 4 is 29.3 Å². The van der Waals surface area contributed by atoms with Gasteiger partial charge in [-0.2, -0.15) is 0 Å². The number of aliphatic imine (C=N–C) groups is 1. The number of carboxylic acid groups (broad SMARTS) is 1. The molecule has 0 aliphatic heterocycles. The molecule has 1 amide bonds. The van der Waals surface area contributed by atoms with Crippen molar-refractivity contribution in [3.05, 3.63) is 0 Å². The van der Waals surface area contributed by atoms with Crippen LogP contribution in [0.1, 0.15) is 20.3 Å². The van der Waals surface area contributed by atoms with Gasteiger partial charge in [-0.3, -0.25) is 4.79 Å². The van der Waals surface area contributed by atoms with E-state index in [0.29, 0.717) is 0 Å². The fraction of sp³-hybridized carbons (Fsp3) is 0.625. The van der Waals surface area contributed by atoms with E-state index < -0.39 is 18.1 Å². The van der Waals surface area contributed by atoms with E-state index in [1.54, 1.807) is 13.8 Å². The quantitative estimate of drug-likeness (QED) is 0.517. The highest BCUT2D eigenvalue weighted by atomic mass is 32.1. The molecule has 6 heteroatoms. The van der Waals surface area contributed by atoms with Gasteiger partial charge in [0, 0.05) is 6.42 Å². The molecule has 2 atom stereocenters. The summed E-state index contributed by atoms with van der Waals surface area (Å²) in [5.41, 5.74) is 0. The number of hydrogen-bond acceptors (Lipinski definition) is 4. The number of rotatable bonds is 5. The van der Waals surface area contributed by atoms with Gasteiger partial charge < -0.3 is 10.4 Å². The zero-order valence-corrected chi connectivity index (χ0v) is 8.80. The Balaban J connectivity index is 4.51. The number of nitrogens with zero attached hydrogens (tertiary/aromatic N) is 1. The highest BCUT2D eigenvalue weighted by Gasteiger charge is 2.25. The third-order valence-electron chi connectivity index (χ3n) is 1.64. The van der Waals surface area contributed by atoms with Crippen LogP contribution in [-0.2, 0) is 9.59 Å². The summed E-state index contributed by atoms with van der Waals surface area (Å²) in [5, 5.41) is 13.2. The molecule has 0 aromatic carbocycles. The van der Waals surface area contributed by atoms with Gasteiger partial charge in [0.2, 0.25) is 5.91 Å². The maximum absolute atomic E-state index is 11.0. The normalized spacial score (nSPS) is 13.6. The van der Waals surface area contributed by atoms with Gasteiger partial charge in [-0.1, -0.05) is 6.92 Å². The molecule has 0 bridgehead atoms. The lowest BCUT2D eigenvalue weighted by Crippen LogP contribution is -2.46. The van der Waals surface area contributed by atoms with Crippen molar-refractivity contribution in [1.82, 2.24) is 5.32 Å². The van der Waals surface area contributed by atoms with E-state index in [4.69, 9.17) is 5.11 Å².